The van der Waals surface area contributed by atoms with Crippen molar-refractivity contribution in [3.8, 4) is 5.69 Å². The first-order valence-electron chi connectivity index (χ1n) is 5.24. The van der Waals surface area contributed by atoms with Gasteiger partial charge in [-0.05, 0) is 25.1 Å². The Hall–Kier alpha value is -1.98. The van der Waals surface area contributed by atoms with Crippen molar-refractivity contribution in [1.82, 2.24) is 9.36 Å². The van der Waals surface area contributed by atoms with Crippen LogP contribution in [0.2, 0.25) is 0 Å². The number of hydrogen-bond donors (Lipinski definition) is 0. The molecule has 0 unspecified atom stereocenters. The number of rotatable bonds is 1. The van der Waals surface area contributed by atoms with Crippen molar-refractivity contribution in [1.29, 1.82) is 0 Å². The van der Waals surface area contributed by atoms with Gasteiger partial charge in [0.2, 0.25) is 0 Å². The number of aromatic nitrogens is 2. The van der Waals surface area contributed by atoms with Gasteiger partial charge in [0.05, 0.1) is 11.3 Å². The van der Waals surface area contributed by atoms with E-state index in [0.29, 0.717) is 5.69 Å². The van der Waals surface area contributed by atoms with Crippen LogP contribution in [-0.2, 0) is 13.2 Å². The number of hydrogen-bond acceptors (Lipinski definition) is 1. The molecule has 0 radical (unpaired) electrons. The molecule has 0 saturated carbocycles. The number of benzene rings is 1. The summed E-state index contributed by atoms with van der Waals surface area (Å²) < 4.78 is 40.5. The minimum atomic E-state index is -4.42. The Morgan fingerprint density at radius 1 is 1.17 bits per heavy atom. The lowest BCUT2D eigenvalue weighted by atomic mass is 10.2. The lowest BCUT2D eigenvalue weighted by Gasteiger charge is -2.11. The van der Waals surface area contributed by atoms with E-state index in [2.05, 4.69) is 0 Å². The van der Waals surface area contributed by atoms with E-state index in [-0.39, 0.29) is 11.2 Å². The van der Waals surface area contributed by atoms with Gasteiger partial charge in [-0.2, -0.15) is 13.2 Å². The second-order valence-electron chi connectivity index (χ2n) is 4.01. The van der Waals surface area contributed by atoms with E-state index in [0.717, 1.165) is 12.1 Å². The third-order valence-electron chi connectivity index (χ3n) is 2.77. The Morgan fingerprint density at radius 3 is 2.33 bits per heavy atom. The van der Waals surface area contributed by atoms with Crippen LogP contribution in [0, 0.1) is 6.92 Å². The van der Waals surface area contributed by atoms with Gasteiger partial charge in [0, 0.05) is 18.8 Å². The average Bonchev–Trinajstić information content (AvgIpc) is 2.52. The Labute approximate surface area is 101 Å². The topological polar surface area (TPSA) is 26.9 Å². The van der Waals surface area contributed by atoms with E-state index >= 15 is 0 Å². The van der Waals surface area contributed by atoms with Crippen LogP contribution >= 0.6 is 0 Å². The van der Waals surface area contributed by atoms with Crippen molar-refractivity contribution in [3.63, 3.8) is 0 Å². The lowest BCUT2D eigenvalue weighted by molar-refractivity contribution is -0.137. The molecule has 0 N–H and O–H groups in total. The minimum Gasteiger partial charge on any atom is -0.285 e. The molecular formula is C12H11F3N2O. The molecule has 0 fully saturated rings. The maximum atomic E-state index is 12.6. The predicted octanol–water partition coefficient (Wildman–Crippen LogP) is 2.50. The van der Waals surface area contributed by atoms with Crippen LogP contribution in [0.4, 0.5) is 13.2 Å². The number of nitrogens with zero attached hydrogens (tertiary/aromatic N) is 2. The van der Waals surface area contributed by atoms with Gasteiger partial charge in [0.15, 0.2) is 0 Å². The highest BCUT2D eigenvalue weighted by molar-refractivity contribution is 5.36. The Morgan fingerprint density at radius 2 is 1.83 bits per heavy atom. The second-order valence-corrected chi connectivity index (χ2v) is 4.01. The fourth-order valence-electron chi connectivity index (χ4n) is 1.75. The van der Waals surface area contributed by atoms with Crippen molar-refractivity contribution in [2.75, 3.05) is 0 Å². The summed E-state index contributed by atoms with van der Waals surface area (Å²) in [5.41, 5.74) is -0.247. The van der Waals surface area contributed by atoms with Crippen LogP contribution in [-0.4, -0.2) is 9.36 Å². The third kappa shape index (κ3) is 2.05. The molecule has 0 aliphatic carbocycles. The van der Waals surface area contributed by atoms with Crippen molar-refractivity contribution < 1.29 is 13.2 Å². The van der Waals surface area contributed by atoms with E-state index in [1.165, 1.54) is 27.6 Å². The third-order valence-corrected chi connectivity index (χ3v) is 2.77. The summed E-state index contributed by atoms with van der Waals surface area (Å²) in [5, 5.41) is 0. The Kier molecular flexibility index (Phi) is 2.80. The fraction of sp³-hybridized carbons (Fsp3) is 0.250. The summed E-state index contributed by atoms with van der Waals surface area (Å²) in [7, 11) is 1.62. The highest BCUT2D eigenvalue weighted by atomic mass is 19.4. The van der Waals surface area contributed by atoms with Crippen LogP contribution in [0.3, 0.4) is 0 Å². The SMILES string of the molecule is Cc1cc(=O)n(-c2cccc(C(F)(F)F)c2)n1C. The summed E-state index contributed by atoms with van der Waals surface area (Å²) in [4.78, 5) is 11.7. The van der Waals surface area contributed by atoms with Crippen LogP contribution in [0.25, 0.3) is 5.69 Å². The summed E-state index contributed by atoms with van der Waals surface area (Å²) >= 11 is 0. The molecule has 0 spiro atoms. The molecule has 18 heavy (non-hydrogen) atoms. The molecule has 0 bridgehead atoms. The molecular weight excluding hydrogens is 245 g/mol. The number of aryl methyl sites for hydroxylation is 1. The smallest absolute Gasteiger partial charge is 0.285 e. The molecule has 2 rings (SSSR count). The van der Waals surface area contributed by atoms with Crippen LogP contribution < -0.4 is 5.56 Å². The summed E-state index contributed by atoms with van der Waals surface area (Å²) in [6.45, 7) is 1.71. The maximum absolute atomic E-state index is 12.6. The van der Waals surface area contributed by atoms with Crippen LogP contribution in [0.15, 0.2) is 35.1 Å². The molecule has 1 heterocycles. The minimum absolute atomic E-state index is 0.199. The summed E-state index contributed by atoms with van der Waals surface area (Å²) in [6.07, 6.45) is -4.42. The van der Waals surface area contributed by atoms with Gasteiger partial charge >= 0.3 is 6.18 Å². The standard InChI is InChI=1S/C12H11F3N2O/c1-8-6-11(18)17(16(8)2)10-5-3-4-9(7-10)12(13,14)15/h3-7H,1-2H3. The highest BCUT2D eigenvalue weighted by Gasteiger charge is 2.30. The zero-order chi connectivity index (χ0) is 13.5. The molecule has 0 saturated heterocycles. The van der Waals surface area contributed by atoms with E-state index in [1.54, 1.807) is 14.0 Å². The second kappa shape index (κ2) is 4.04. The molecule has 0 amide bonds. The van der Waals surface area contributed by atoms with Gasteiger partial charge in [0.1, 0.15) is 0 Å². The maximum Gasteiger partial charge on any atom is 0.416 e. The quantitative estimate of drug-likeness (QED) is 0.770. The van der Waals surface area contributed by atoms with E-state index in [9.17, 15) is 18.0 Å². The van der Waals surface area contributed by atoms with E-state index in [1.807, 2.05) is 0 Å². The molecule has 96 valence electrons. The van der Waals surface area contributed by atoms with Crippen molar-refractivity contribution in [3.05, 3.63) is 51.9 Å². The van der Waals surface area contributed by atoms with E-state index in [4.69, 9.17) is 0 Å². The largest absolute Gasteiger partial charge is 0.416 e. The molecule has 0 atom stereocenters. The molecule has 6 heteroatoms. The monoisotopic (exact) mass is 256 g/mol. The highest BCUT2D eigenvalue weighted by Crippen LogP contribution is 2.30. The normalized spacial score (nSPS) is 11.8. The molecule has 0 aliphatic heterocycles. The van der Waals surface area contributed by atoms with E-state index < -0.39 is 11.7 Å². The molecule has 1 aromatic carbocycles. The molecule has 0 aliphatic rings. The number of alkyl halides is 3. The predicted molar refractivity (Wildman–Crippen MR) is 60.7 cm³/mol. The number of halogens is 3. The molecule has 2 aromatic rings. The first-order valence-corrected chi connectivity index (χ1v) is 5.24. The van der Waals surface area contributed by atoms with Gasteiger partial charge in [-0.15, -0.1) is 0 Å². The summed E-state index contributed by atoms with van der Waals surface area (Å²) in [5.74, 6) is 0. The first-order chi connectivity index (χ1) is 8.30. The lowest BCUT2D eigenvalue weighted by Crippen LogP contribution is -2.19. The van der Waals surface area contributed by atoms with Crippen LogP contribution in [0.1, 0.15) is 11.3 Å². The molecule has 1 aromatic heterocycles. The van der Waals surface area contributed by atoms with Gasteiger partial charge in [-0.3, -0.25) is 9.48 Å². The first kappa shape index (κ1) is 12.5. The van der Waals surface area contributed by atoms with Crippen molar-refractivity contribution >= 4 is 0 Å². The van der Waals surface area contributed by atoms with Crippen LogP contribution in [0.5, 0.6) is 0 Å². The average molecular weight is 256 g/mol. The zero-order valence-corrected chi connectivity index (χ0v) is 9.82. The van der Waals surface area contributed by atoms with Gasteiger partial charge in [0.25, 0.3) is 5.56 Å². The Bertz CT molecular complexity index is 638. The van der Waals surface area contributed by atoms with Gasteiger partial charge in [-0.1, -0.05) is 6.07 Å². The summed E-state index contributed by atoms with van der Waals surface area (Å²) in [6, 6.07) is 6.06. The van der Waals surface area contributed by atoms with Gasteiger partial charge in [-0.25, -0.2) is 4.68 Å². The fourth-order valence-corrected chi connectivity index (χ4v) is 1.75. The van der Waals surface area contributed by atoms with Crippen molar-refractivity contribution in [2.24, 2.45) is 7.05 Å². The van der Waals surface area contributed by atoms with Gasteiger partial charge < -0.3 is 0 Å². The molecule has 3 nitrogen and oxygen atoms in total. The van der Waals surface area contributed by atoms with Crippen molar-refractivity contribution in [2.45, 2.75) is 13.1 Å². The Balaban J connectivity index is 2.62. The zero-order valence-electron chi connectivity index (χ0n) is 9.82.